The predicted octanol–water partition coefficient (Wildman–Crippen LogP) is 3.73. The number of fused-ring (bicyclic) bond motifs is 1. The second-order valence-corrected chi connectivity index (χ2v) is 4.19. The Morgan fingerprint density at radius 1 is 1.06 bits per heavy atom. The molecule has 3 rings (SSSR count). The number of rotatable bonds is 1. The zero-order chi connectivity index (χ0) is 11.8. The molecule has 1 heterocycles. The Bertz CT molecular complexity index is 673. The highest BCUT2D eigenvalue weighted by atomic mass is 35.5. The average molecular weight is 245 g/mol. The molecule has 2 N–H and O–H groups in total. The average Bonchev–Trinajstić information content (AvgIpc) is 2.72. The number of halogens is 1. The highest BCUT2D eigenvalue weighted by molar-refractivity contribution is 6.30. The van der Waals surface area contributed by atoms with Crippen LogP contribution in [0, 0.1) is 0 Å². The van der Waals surface area contributed by atoms with Crippen molar-refractivity contribution in [2.75, 3.05) is 5.73 Å². The van der Waals surface area contributed by atoms with E-state index in [1.54, 1.807) is 24.3 Å². The third-order valence-electron chi connectivity index (χ3n) is 2.50. The lowest BCUT2D eigenvalue weighted by molar-refractivity contribution is 0.620. The van der Waals surface area contributed by atoms with E-state index in [0.717, 1.165) is 16.7 Å². The van der Waals surface area contributed by atoms with E-state index in [1.807, 2.05) is 18.2 Å². The highest BCUT2D eigenvalue weighted by Crippen LogP contribution is 2.26. The van der Waals surface area contributed by atoms with Crippen LogP contribution in [0.1, 0.15) is 0 Å². The third kappa shape index (κ3) is 1.85. The molecule has 0 aliphatic carbocycles. The molecule has 1 aromatic heterocycles. The van der Waals surface area contributed by atoms with Gasteiger partial charge in [-0.25, -0.2) is 4.98 Å². The Labute approximate surface area is 103 Å². The Balaban J connectivity index is 2.14. The summed E-state index contributed by atoms with van der Waals surface area (Å²) in [5.74, 6) is 0.572. The zero-order valence-electron chi connectivity index (χ0n) is 8.85. The number of benzene rings is 2. The Kier molecular flexibility index (Phi) is 2.27. The van der Waals surface area contributed by atoms with Crippen LogP contribution in [0.25, 0.3) is 22.6 Å². The van der Waals surface area contributed by atoms with E-state index in [0.29, 0.717) is 16.6 Å². The maximum absolute atomic E-state index is 5.83. The first kappa shape index (κ1) is 10.2. The van der Waals surface area contributed by atoms with Gasteiger partial charge in [-0.2, -0.15) is 0 Å². The molecule has 0 radical (unpaired) electrons. The van der Waals surface area contributed by atoms with Gasteiger partial charge in [0, 0.05) is 16.3 Å². The van der Waals surface area contributed by atoms with Gasteiger partial charge in [0.1, 0.15) is 5.52 Å². The Hall–Kier alpha value is -2.00. The van der Waals surface area contributed by atoms with Gasteiger partial charge >= 0.3 is 0 Å². The van der Waals surface area contributed by atoms with Crippen LogP contribution in [-0.2, 0) is 0 Å². The molecule has 0 atom stereocenters. The van der Waals surface area contributed by atoms with Crippen LogP contribution in [0.3, 0.4) is 0 Å². The summed E-state index contributed by atoms with van der Waals surface area (Å²) in [4.78, 5) is 4.38. The molecule has 0 saturated heterocycles. The number of aromatic nitrogens is 1. The van der Waals surface area contributed by atoms with E-state index in [1.165, 1.54) is 0 Å². The van der Waals surface area contributed by atoms with Crippen LogP contribution in [0.2, 0.25) is 5.02 Å². The molecule has 0 saturated carbocycles. The van der Waals surface area contributed by atoms with Crippen molar-refractivity contribution in [1.82, 2.24) is 4.98 Å². The lowest BCUT2D eigenvalue weighted by Crippen LogP contribution is -1.82. The number of oxazole rings is 1. The van der Waals surface area contributed by atoms with Crippen LogP contribution in [0.15, 0.2) is 46.9 Å². The second-order valence-electron chi connectivity index (χ2n) is 3.75. The fourth-order valence-electron chi connectivity index (χ4n) is 1.66. The fourth-order valence-corrected chi connectivity index (χ4v) is 1.79. The SMILES string of the molecule is Nc1ccc2oc(-c3ccc(Cl)cc3)nc2c1. The molecule has 3 nitrogen and oxygen atoms in total. The van der Waals surface area contributed by atoms with Gasteiger partial charge in [-0.1, -0.05) is 11.6 Å². The molecule has 0 amide bonds. The van der Waals surface area contributed by atoms with E-state index >= 15 is 0 Å². The first-order valence-corrected chi connectivity index (χ1v) is 5.52. The number of anilines is 1. The summed E-state index contributed by atoms with van der Waals surface area (Å²) in [6.45, 7) is 0. The van der Waals surface area contributed by atoms with E-state index in [4.69, 9.17) is 21.8 Å². The molecule has 0 unspecified atom stereocenters. The van der Waals surface area contributed by atoms with Gasteiger partial charge < -0.3 is 10.2 Å². The summed E-state index contributed by atoms with van der Waals surface area (Å²) in [5, 5.41) is 0.689. The quantitative estimate of drug-likeness (QED) is 0.664. The minimum Gasteiger partial charge on any atom is -0.436 e. The molecule has 0 aliphatic rings. The monoisotopic (exact) mass is 244 g/mol. The number of hydrogen-bond acceptors (Lipinski definition) is 3. The smallest absolute Gasteiger partial charge is 0.227 e. The summed E-state index contributed by atoms with van der Waals surface area (Å²) < 4.78 is 5.64. The fraction of sp³-hybridized carbons (Fsp3) is 0. The van der Waals surface area contributed by atoms with Gasteiger partial charge in [0.15, 0.2) is 5.58 Å². The first-order valence-electron chi connectivity index (χ1n) is 5.14. The molecule has 17 heavy (non-hydrogen) atoms. The number of nitrogens with zero attached hydrogens (tertiary/aromatic N) is 1. The minimum absolute atomic E-state index is 0.572. The first-order chi connectivity index (χ1) is 8.22. The molecule has 0 spiro atoms. The molecule has 2 aromatic carbocycles. The van der Waals surface area contributed by atoms with E-state index in [9.17, 15) is 0 Å². The van der Waals surface area contributed by atoms with Crippen LogP contribution < -0.4 is 5.73 Å². The van der Waals surface area contributed by atoms with Crippen molar-refractivity contribution in [1.29, 1.82) is 0 Å². The lowest BCUT2D eigenvalue weighted by atomic mass is 10.2. The Morgan fingerprint density at radius 3 is 2.59 bits per heavy atom. The van der Waals surface area contributed by atoms with Crippen molar-refractivity contribution in [3.05, 3.63) is 47.5 Å². The molecule has 0 bridgehead atoms. The minimum atomic E-state index is 0.572. The third-order valence-corrected chi connectivity index (χ3v) is 2.75. The van der Waals surface area contributed by atoms with Crippen molar-refractivity contribution in [2.45, 2.75) is 0 Å². The summed E-state index contributed by atoms with van der Waals surface area (Å²) in [7, 11) is 0. The zero-order valence-corrected chi connectivity index (χ0v) is 9.61. The van der Waals surface area contributed by atoms with E-state index in [-0.39, 0.29) is 0 Å². The van der Waals surface area contributed by atoms with Crippen LogP contribution in [0.4, 0.5) is 5.69 Å². The van der Waals surface area contributed by atoms with E-state index in [2.05, 4.69) is 4.98 Å². The lowest BCUT2D eigenvalue weighted by Gasteiger charge is -1.94. The summed E-state index contributed by atoms with van der Waals surface area (Å²) in [6, 6.07) is 12.8. The standard InChI is InChI=1S/C13H9ClN2O/c14-9-3-1-8(2-4-9)13-16-11-7-10(15)5-6-12(11)17-13/h1-7H,15H2. The normalized spacial score (nSPS) is 10.9. The number of nitrogens with two attached hydrogens (primary N) is 1. The largest absolute Gasteiger partial charge is 0.436 e. The van der Waals surface area contributed by atoms with Crippen LogP contribution in [-0.4, -0.2) is 4.98 Å². The van der Waals surface area contributed by atoms with Gasteiger partial charge in [-0.3, -0.25) is 0 Å². The topological polar surface area (TPSA) is 52.0 Å². The summed E-state index contributed by atoms with van der Waals surface area (Å²) in [5.41, 5.74) is 8.75. The molecular weight excluding hydrogens is 236 g/mol. The molecular formula is C13H9ClN2O. The van der Waals surface area contributed by atoms with Crippen molar-refractivity contribution in [2.24, 2.45) is 0 Å². The summed E-state index contributed by atoms with van der Waals surface area (Å²) in [6.07, 6.45) is 0. The molecule has 3 aromatic rings. The van der Waals surface area contributed by atoms with Gasteiger partial charge in [-0.15, -0.1) is 0 Å². The molecule has 0 fully saturated rings. The maximum Gasteiger partial charge on any atom is 0.227 e. The van der Waals surface area contributed by atoms with Crippen molar-refractivity contribution < 1.29 is 4.42 Å². The van der Waals surface area contributed by atoms with Crippen LogP contribution >= 0.6 is 11.6 Å². The Morgan fingerprint density at radius 2 is 1.82 bits per heavy atom. The van der Waals surface area contributed by atoms with Gasteiger partial charge in [-0.05, 0) is 42.5 Å². The predicted molar refractivity (Wildman–Crippen MR) is 68.9 cm³/mol. The molecule has 0 aliphatic heterocycles. The highest BCUT2D eigenvalue weighted by Gasteiger charge is 2.07. The van der Waals surface area contributed by atoms with Crippen molar-refractivity contribution in [3.63, 3.8) is 0 Å². The van der Waals surface area contributed by atoms with Gasteiger partial charge in [0.25, 0.3) is 0 Å². The number of nitrogen functional groups attached to an aromatic ring is 1. The molecule has 4 heteroatoms. The molecule has 84 valence electrons. The second kappa shape index (κ2) is 3.79. The van der Waals surface area contributed by atoms with Gasteiger partial charge in [0.05, 0.1) is 0 Å². The van der Waals surface area contributed by atoms with Crippen LogP contribution in [0.5, 0.6) is 0 Å². The van der Waals surface area contributed by atoms with Gasteiger partial charge in [0.2, 0.25) is 5.89 Å². The van der Waals surface area contributed by atoms with Crippen molar-refractivity contribution in [3.8, 4) is 11.5 Å². The summed E-state index contributed by atoms with van der Waals surface area (Å²) >= 11 is 5.83. The van der Waals surface area contributed by atoms with E-state index < -0.39 is 0 Å². The van der Waals surface area contributed by atoms with Crippen molar-refractivity contribution >= 4 is 28.4 Å². The number of hydrogen-bond donors (Lipinski definition) is 1. The maximum atomic E-state index is 5.83.